The Morgan fingerprint density at radius 1 is 1.26 bits per heavy atom. The third-order valence-electron chi connectivity index (χ3n) is 2.61. The van der Waals surface area contributed by atoms with E-state index in [1.807, 2.05) is 34.6 Å². The van der Waals surface area contributed by atoms with E-state index in [0.29, 0.717) is 13.0 Å². The second-order valence-corrected chi connectivity index (χ2v) is 4.63. The molecule has 1 atom stereocenters. The van der Waals surface area contributed by atoms with Crippen molar-refractivity contribution in [2.24, 2.45) is 5.92 Å². The maximum atomic E-state index is 11.0. The zero-order valence-corrected chi connectivity index (χ0v) is 13.4. The van der Waals surface area contributed by atoms with Gasteiger partial charge in [0.15, 0.2) is 0 Å². The van der Waals surface area contributed by atoms with Crippen molar-refractivity contribution in [3.8, 4) is 0 Å². The van der Waals surface area contributed by atoms with Gasteiger partial charge >= 0.3 is 0 Å². The fraction of sp³-hybridized carbons (Fsp3) is 0.933. The average molecular weight is 275 g/mol. The summed E-state index contributed by atoms with van der Waals surface area (Å²) < 4.78 is 5.48. The average Bonchev–Trinajstić information content (AvgIpc) is 2.43. The summed E-state index contributed by atoms with van der Waals surface area (Å²) in [7, 11) is 0. The molecule has 0 aliphatic rings. The Hall–Kier alpha value is -0.610. The van der Waals surface area contributed by atoms with Crippen molar-refractivity contribution in [3.63, 3.8) is 0 Å². The fourth-order valence-electron chi connectivity index (χ4n) is 1.47. The van der Waals surface area contributed by atoms with E-state index >= 15 is 0 Å². The highest BCUT2D eigenvalue weighted by Gasteiger charge is 2.08. The molecule has 0 rings (SSSR count). The van der Waals surface area contributed by atoms with E-state index in [2.05, 4.69) is 5.32 Å². The summed E-state index contributed by atoms with van der Waals surface area (Å²) >= 11 is 0. The van der Waals surface area contributed by atoms with Gasteiger partial charge in [-0.2, -0.15) is 0 Å². The van der Waals surface area contributed by atoms with Crippen LogP contribution in [-0.4, -0.2) is 36.9 Å². The monoisotopic (exact) mass is 275 g/mol. The largest absolute Gasteiger partial charge is 0.396 e. The quantitative estimate of drug-likeness (QED) is 0.603. The maximum Gasteiger partial charge on any atom is 0.219 e. The molecule has 0 aromatic heterocycles. The van der Waals surface area contributed by atoms with Gasteiger partial charge in [-0.1, -0.05) is 27.2 Å². The number of aliphatic hydroxyl groups excluding tert-OH is 1. The highest BCUT2D eigenvalue weighted by molar-refractivity contribution is 5.75. The second kappa shape index (κ2) is 15.4. The van der Waals surface area contributed by atoms with E-state index in [1.54, 1.807) is 0 Å². The number of aliphatic hydroxyl groups is 1. The first kappa shape index (κ1) is 20.7. The van der Waals surface area contributed by atoms with Crippen molar-refractivity contribution in [3.05, 3.63) is 0 Å². The van der Waals surface area contributed by atoms with E-state index in [-0.39, 0.29) is 24.5 Å². The van der Waals surface area contributed by atoms with Gasteiger partial charge in [-0.15, -0.1) is 0 Å². The van der Waals surface area contributed by atoms with E-state index < -0.39 is 0 Å². The van der Waals surface area contributed by atoms with Gasteiger partial charge in [0.25, 0.3) is 0 Å². The van der Waals surface area contributed by atoms with Crippen molar-refractivity contribution in [2.45, 2.75) is 66.4 Å². The molecule has 0 aliphatic carbocycles. The molecular formula is C15H33NO3. The molecule has 0 spiro atoms. The minimum Gasteiger partial charge on any atom is -0.396 e. The van der Waals surface area contributed by atoms with Crippen LogP contribution >= 0.6 is 0 Å². The van der Waals surface area contributed by atoms with Crippen LogP contribution in [0.2, 0.25) is 0 Å². The molecule has 0 radical (unpaired) electrons. The zero-order chi connectivity index (χ0) is 15.1. The Labute approximate surface area is 118 Å². The predicted molar refractivity (Wildman–Crippen MR) is 80.2 cm³/mol. The van der Waals surface area contributed by atoms with Gasteiger partial charge in [-0.05, 0) is 26.7 Å². The summed E-state index contributed by atoms with van der Waals surface area (Å²) in [4.78, 5) is 11.0. The number of ether oxygens (including phenoxy) is 1. The van der Waals surface area contributed by atoms with Gasteiger partial charge in [0.05, 0.1) is 12.7 Å². The van der Waals surface area contributed by atoms with Gasteiger partial charge in [-0.25, -0.2) is 0 Å². The lowest BCUT2D eigenvalue weighted by Crippen LogP contribution is -2.23. The lowest BCUT2D eigenvalue weighted by atomic mass is 10.0. The van der Waals surface area contributed by atoms with Gasteiger partial charge in [0, 0.05) is 25.5 Å². The van der Waals surface area contributed by atoms with E-state index in [4.69, 9.17) is 4.74 Å². The number of amides is 1. The lowest BCUT2D eigenvalue weighted by molar-refractivity contribution is -0.120. The number of carbonyl (C=O) groups excluding carboxylic acids is 1. The Morgan fingerprint density at radius 2 is 1.89 bits per heavy atom. The third-order valence-corrected chi connectivity index (χ3v) is 2.61. The highest BCUT2D eigenvalue weighted by atomic mass is 16.5. The smallest absolute Gasteiger partial charge is 0.219 e. The number of hydrogen-bond donors (Lipinski definition) is 2. The van der Waals surface area contributed by atoms with Crippen LogP contribution in [0.15, 0.2) is 0 Å². The molecule has 4 nitrogen and oxygen atoms in total. The van der Waals surface area contributed by atoms with E-state index in [9.17, 15) is 9.90 Å². The first-order chi connectivity index (χ1) is 9.10. The summed E-state index contributed by atoms with van der Waals surface area (Å²) in [5.41, 5.74) is 0. The van der Waals surface area contributed by atoms with Crippen LogP contribution in [0.4, 0.5) is 0 Å². The first-order valence-corrected chi connectivity index (χ1v) is 7.59. The standard InChI is InChI=1S/C13H27NO3.C2H6/c1-4-13(16)14-8-6-5-7-12(9-15)10-17-11(2)3;1-2/h11-12,15H,4-10H2,1-3H3,(H,14,16);1-2H3. The molecule has 0 saturated heterocycles. The van der Waals surface area contributed by atoms with Crippen LogP contribution in [0, 0.1) is 5.92 Å². The van der Waals surface area contributed by atoms with Crippen molar-refractivity contribution < 1.29 is 14.6 Å². The summed E-state index contributed by atoms with van der Waals surface area (Å²) in [6, 6.07) is 0. The number of hydrogen-bond acceptors (Lipinski definition) is 3. The van der Waals surface area contributed by atoms with Crippen molar-refractivity contribution in [1.82, 2.24) is 5.32 Å². The van der Waals surface area contributed by atoms with Gasteiger partial charge in [-0.3, -0.25) is 4.79 Å². The van der Waals surface area contributed by atoms with E-state index in [0.717, 1.165) is 25.8 Å². The van der Waals surface area contributed by atoms with Gasteiger partial charge < -0.3 is 15.2 Å². The molecule has 0 bridgehead atoms. The van der Waals surface area contributed by atoms with Crippen LogP contribution < -0.4 is 5.32 Å². The van der Waals surface area contributed by atoms with Crippen LogP contribution in [0.1, 0.15) is 60.3 Å². The molecule has 0 aromatic carbocycles. The molecule has 19 heavy (non-hydrogen) atoms. The second-order valence-electron chi connectivity index (χ2n) is 4.63. The fourth-order valence-corrected chi connectivity index (χ4v) is 1.47. The molecule has 0 aromatic rings. The molecule has 0 heterocycles. The molecule has 0 saturated carbocycles. The van der Waals surface area contributed by atoms with E-state index in [1.165, 1.54) is 0 Å². The Morgan fingerprint density at radius 3 is 2.37 bits per heavy atom. The zero-order valence-electron chi connectivity index (χ0n) is 13.4. The molecule has 1 amide bonds. The number of unbranched alkanes of at least 4 members (excludes halogenated alkanes) is 1. The summed E-state index contributed by atoms with van der Waals surface area (Å²) in [6.45, 7) is 11.4. The SMILES string of the molecule is CC.CCC(=O)NCCCCC(CO)COC(C)C. The Bertz CT molecular complexity index is 196. The maximum absolute atomic E-state index is 11.0. The minimum absolute atomic E-state index is 0.104. The summed E-state index contributed by atoms with van der Waals surface area (Å²) in [5.74, 6) is 0.325. The lowest BCUT2D eigenvalue weighted by Gasteiger charge is -2.16. The number of nitrogens with one attached hydrogen (secondary N) is 1. The van der Waals surface area contributed by atoms with Crippen LogP contribution in [0.3, 0.4) is 0 Å². The number of carbonyl (C=O) groups is 1. The normalized spacial score (nSPS) is 11.7. The predicted octanol–water partition coefficient (Wildman–Crippen LogP) is 2.74. The topological polar surface area (TPSA) is 58.6 Å². The molecule has 116 valence electrons. The van der Waals surface area contributed by atoms with Gasteiger partial charge in [0.1, 0.15) is 0 Å². The Kier molecular flexibility index (Phi) is 16.8. The van der Waals surface area contributed by atoms with Crippen LogP contribution in [0.5, 0.6) is 0 Å². The Balaban J connectivity index is 0. The molecule has 0 aliphatic heterocycles. The molecule has 2 N–H and O–H groups in total. The van der Waals surface area contributed by atoms with Crippen molar-refractivity contribution >= 4 is 5.91 Å². The minimum atomic E-state index is 0.104. The summed E-state index contributed by atoms with van der Waals surface area (Å²) in [5, 5.41) is 12.0. The molecular weight excluding hydrogens is 242 g/mol. The molecule has 4 heteroatoms. The first-order valence-electron chi connectivity index (χ1n) is 7.59. The van der Waals surface area contributed by atoms with Crippen LogP contribution in [-0.2, 0) is 9.53 Å². The van der Waals surface area contributed by atoms with Crippen molar-refractivity contribution in [2.75, 3.05) is 19.8 Å². The van der Waals surface area contributed by atoms with Crippen molar-refractivity contribution in [1.29, 1.82) is 0 Å². The molecule has 1 unspecified atom stereocenters. The third kappa shape index (κ3) is 15.3. The number of rotatable bonds is 10. The van der Waals surface area contributed by atoms with Gasteiger partial charge in [0.2, 0.25) is 5.91 Å². The van der Waals surface area contributed by atoms with Crippen LogP contribution in [0.25, 0.3) is 0 Å². The molecule has 0 fully saturated rings. The summed E-state index contributed by atoms with van der Waals surface area (Å²) in [6.07, 6.45) is 3.68. The highest BCUT2D eigenvalue weighted by Crippen LogP contribution is 2.09.